The van der Waals surface area contributed by atoms with Crippen LogP contribution in [0.3, 0.4) is 0 Å². The first-order valence-corrected chi connectivity index (χ1v) is 5.75. The van der Waals surface area contributed by atoms with Gasteiger partial charge in [-0.05, 0) is 24.6 Å². The minimum Gasteiger partial charge on any atom is -0.320 e. The highest BCUT2D eigenvalue weighted by Crippen LogP contribution is 2.24. The third kappa shape index (κ3) is 2.99. The first-order chi connectivity index (χ1) is 9.90. The van der Waals surface area contributed by atoms with Gasteiger partial charge in [0.1, 0.15) is 5.56 Å². The molecule has 21 heavy (non-hydrogen) atoms. The summed E-state index contributed by atoms with van der Waals surface area (Å²) in [6, 6.07) is 2.49. The highest BCUT2D eigenvalue weighted by Gasteiger charge is 2.24. The van der Waals surface area contributed by atoms with Gasteiger partial charge in [-0.2, -0.15) is 0 Å². The average Bonchev–Trinajstić information content (AvgIpc) is 2.43. The maximum atomic E-state index is 13.2. The number of halogens is 2. The quantitative estimate of drug-likeness (QED) is 0.696. The number of carbonyl (C=O) groups excluding carboxylic acids is 1. The van der Waals surface area contributed by atoms with E-state index in [0.29, 0.717) is 23.4 Å². The number of nitro benzene ring substituents is 1. The van der Waals surface area contributed by atoms with Crippen molar-refractivity contribution in [1.82, 2.24) is 4.98 Å². The molecule has 0 bridgehead atoms. The number of aromatic nitrogens is 1. The van der Waals surface area contributed by atoms with Crippen LogP contribution >= 0.6 is 0 Å². The molecule has 6 nitrogen and oxygen atoms in total. The average molecular weight is 293 g/mol. The lowest BCUT2D eigenvalue weighted by Crippen LogP contribution is -2.15. The molecule has 8 heteroatoms. The van der Waals surface area contributed by atoms with Gasteiger partial charge in [-0.3, -0.25) is 19.9 Å². The van der Waals surface area contributed by atoms with Gasteiger partial charge in [-0.15, -0.1) is 0 Å². The predicted octanol–water partition coefficient (Wildman–Crippen LogP) is 2.83. The number of nitro groups is 1. The summed E-state index contributed by atoms with van der Waals surface area (Å²) in [5.74, 6) is -3.65. The fourth-order valence-corrected chi connectivity index (χ4v) is 1.65. The molecule has 2 aromatic rings. The van der Waals surface area contributed by atoms with E-state index in [-0.39, 0.29) is 0 Å². The summed E-state index contributed by atoms with van der Waals surface area (Å²) in [6.45, 7) is 1.69. The summed E-state index contributed by atoms with van der Waals surface area (Å²) in [7, 11) is 0. The van der Waals surface area contributed by atoms with Crippen LogP contribution in [0.4, 0.5) is 20.2 Å². The number of rotatable bonds is 3. The molecule has 0 saturated heterocycles. The Balaban J connectivity index is 2.42. The van der Waals surface area contributed by atoms with E-state index in [1.807, 2.05) is 0 Å². The molecule has 0 atom stereocenters. The molecule has 0 aliphatic carbocycles. The molecular weight excluding hydrogens is 284 g/mol. The van der Waals surface area contributed by atoms with Crippen LogP contribution in [0.5, 0.6) is 0 Å². The maximum absolute atomic E-state index is 13.2. The Kier molecular flexibility index (Phi) is 3.88. The molecule has 1 aromatic heterocycles. The molecule has 1 aromatic carbocycles. The lowest BCUT2D eigenvalue weighted by atomic mass is 10.1. The SMILES string of the molecule is Cc1ccncc1NC(=O)c1cc(F)c(F)cc1[N+](=O)[O-]. The monoisotopic (exact) mass is 293 g/mol. The second kappa shape index (κ2) is 5.61. The van der Waals surface area contributed by atoms with Crippen molar-refractivity contribution in [2.45, 2.75) is 6.92 Å². The summed E-state index contributed by atoms with van der Waals surface area (Å²) in [5, 5.41) is 13.2. The van der Waals surface area contributed by atoms with Crippen molar-refractivity contribution >= 4 is 17.3 Å². The highest BCUT2D eigenvalue weighted by atomic mass is 19.2. The summed E-state index contributed by atoms with van der Waals surface area (Å²) < 4.78 is 26.3. The van der Waals surface area contributed by atoms with Crippen LogP contribution in [0.25, 0.3) is 0 Å². The fraction of sp³-hybridized carbons (Fsp3) is 0.0769. The van der Waals surface area contributed by atoms with Gasteiger partial charge in [0.2, 0.25) is 0 Å². The van der Waals surface area contributed by atoms with E-state index in [1.165, 1.54) is 12.4 Å². The Morgan fingerprint density at radius 3 is 2.62 bits per heavy atom. The Morgan fingerprint density at radius 1 is 1.33 bits per heavy atom. The Bertz CT molecular complexity index is 735. The molecule has 0 radical (unpaired) electrons. The number of carbonyl (C=O) groups is 1. The number of anilines is 1. The molecule has 108 valence electrons. The molecule has 0 fully saturated rings. The summed E-state index contributed by atoms with van der Waals surface area (Å²) in [4.78, 5) is 25.7. The predicted molar refractivity (Wildman–Crippen MR) is 69.9 cm³/mol. The van der Waals surface area contributed by atoms with Crippen molar-refractivity contribution in [2.75, 3.05) is 5.32 Å². The van der Waals surface area contributed by atoms with E-state index in [1.54, 1.807) is 13.0 Å². The third-order valence-corrected chi connectivity index (χ3v) is 2.77. The summed E-state index contributed by atoms with van der Waals surface area (Å²) in [5.41, 5.74) is -0.389. The molecular formula is C13H9F2N3O3. The molecule has 0 unspecified atom stereocenters. The van der Waals surface area contributed by atoms with Crippen molar-refractivity contribution in [2.24, 2.45) is 0 Å². The van der Waals surface area contributed by atoms with Crippen molar-refractivity contribution in [3.63, 3.8) is 0 Å². The largest absolute Gasteiger partial charge is 0.320 e. The highest BCUT2D eigenvalue weighted by molar-refractivity contribution is 6.07. The van der Waals surface area contributed by atoms with Gasteiger partial charge in [-0.25, -0.2) is 8.78 Å². The van der Waals surface area contributed by atoms with E-state index in [2.05, 4.69) is 10.3 Å². The molecule has 0 aliphatic rings. The van der Waals surface area contributed by atoms with Crippen LogP contribution in [-0.4, -0.2) is 15.8 Å². The van der Waals surface area contributed by atoms with Gasteiger partial charge in [-0.1, -0.05) is 0 Å². The third-order valence-electron chi connectivity index (χ3n) is 2.77. The number of hydrogen-bond donors (Lipinski definition) is 1. The topological polar surface area (TPSA) is 85.1 Å². The van der Waals surface area contributed by atoms with Crippen LogP contribution in [0.2, 0.25) is 0 Å². The van der Waals surface area contributed by atoms with E-state index in [0.717, 1.165) is 0 Å². The van der Waals surface area contributed by atoms with Gasteiger partial charge in [0.25, 0.3) is 11.6 Å². The van der Waals surface area contributed by atoms with E-state index < -0.39 is 33.7 Å². The number of aryl methyl sites for hydroxylation is 1. The van der Waals surface area contributed by atoms with Crippen LogP contribution in [-0.2, 0) is 0 Å². The molecule has 0 spiro atoms. The maximum Gasteiger partial charge on any atom is 0.285 e. The smallest absolute Gasteiger partial charge is 0.285 e. The van der Waals surface area contributed by atoms with Gasteiger partial charge in [0.05, 0.1) is 22.9 Å². The lowest BCUT2D eigenvalue weighted by molar-refractivity contribution is -0.385. The molecule has 0 aliphatic heterocycles. The molecule has 1 heterocycles. The number of nitrogens with zero attached hydrogens (tertiary/aromatic N) is 2. The summed E-state index contributed by atoms with van der Waals surface area (Å²) in [6.07, 6.45) is 2.85. The summed E-state index contributed by atoms with van der Waals surface area (Å²) >= 11 is 0. The van der Waals surface area contributed by atoms with Gasteiger partial charge >= 0.3 is 0 Å². The zero-order valence-corrected chi connectivity index (χ0v) is 10.8. The molecule has 2 rings (SSSR count). The first-order valence-electron chi connectivity index (χ1n) is 5.75. The van der Waals surface area contributed by atoms with E-state index >= 15 is 0 Å². The van der Waals surface area contributed by atoms with Gasteiger partial charge in [0.15, 0.2) is 11.6 Å². The molecule has 0 saturated carbocycles. The second-order valence-corrected chi connectivity index (χ2v) is 4.19. The fourth-order valence-electron chi connectivity index (χ4n) is 1.65. The number of pyridine rings is 1. The van der Waals surface area contributed by atoms with Crippen LogP contribution in [0, 0.1) is 28.7 Å². The van der Waals surface area contributed by atoms with Gasteiger partial charge < -0.3 is 5.32 Å². The number of nitrogens with one attached hydrogen (secondary N) is 1. The van der Waals surface area contributed by atoms with E-state index in [4.69, 9.17) is 0 Å². The standard InChI is InChI=1S/C13H9F2N3O3/c1-7-2-3-16-6-11(7)17-13(19)8-4-9(14)10(15)5-12(8)18(20)21/h2-6H,1H3,(H,17,19). The van der Waals surface area contributed by atoms with Crippen molar-refractivity contribution in [3.8, 4) is 0 Å². The lowest BCUT2D eigenvalue weighted by Gasteiger charge is -2.08. The number of hydrogen-bond acceptors (Lipinski definition) is 4. The first kappa shape index (κ1) is 14.5. The Labute approximate surface area is 117 Å². The minimum atomic E-state index is -1.39. The Morgan fingerprint density at radius 2 is 2.00 bits per heavy atom. The minimum absolute atomic E-state index is 0.321. The normalized spacial score (nSPS) is 10.2. The number of amides is 1. The number of benzene rings is 1. The van der Waals surface area contributed by atoms with E-state index in [9.17, 15) is 23.7 Å². The van der Waals surface area contributed by atoms with Crippen molar-refractivity contribution in [1.29, 1.82) is 0 Å². The zero-order valence-electron chi connectivity index (χ0n) is 10.8. The van der Waals surface area contributed by atoms with Crippen molar-refractivity contribution in [3.05, 3.63) is 63.5 Å². The van der Waals surface area contributed by atoms with Crippen LogP contribution in [0.1, 0.15) is 15.9 Å². The van der Waals surface area contributed by atoms with Crippen LogP contribution < -0.4 is 5.32 Å². The zero-order chi connectivity index (χ0) is 15.6. The second-order valence-electron chi connectivity index (χ2n) is 4.19. The van der Waals surface area contributed by atoms with Crippen LogP contribution in [0.15, 0.2) is 30.6 Å². The molecule has 1 amide bonds. The van der Waals surface area contributed by atoms with Crippen molar-refractivity contribution < 1.29 is 18.5 Å². The van der Waals surface area contributed by atoms with Gasteiger partial charge in [0, 0.05) is 6.20 Å². The molecule has 1 N–H and O–H groups in total. The Hall–Kier alpha value is -2.90.